The molecule has 1 saturated heterocycles. The summed E-state index contributed by atoms with van der Waals surface area (Å²) in [4.78, 5) is 2.37. The standard InChI is InChI=1S/C17H18FNO2/c1-11-5-6-17(7-8-19(2)15(17)9-11)12-3-4-13-14(10-12)21-16(18)20-13/h3-6,9-10,15-16H,7-8H2,1-2H3/t15-,16?,17-/m0/s1. The van der Waals surface area contributed by atoms with Gasteiger partial charge in [-0.3, -0.25) is 4.90 Å². The highest BCUT2D eigenvalue weighted by molar-refractivity contribution is 5.51. The maximum atomic E-state index is 13.2. The number of alkyl halides is 1. The van der Waals surface area contributed by atoms with Crippen molar-refractivity contribution in [2.75, 3.05) is 13.6 Å². The first-order chi connectivity index (χ1) is 10.1. The van der Waals surface area contributed by atoms with Crippen molar-refractivity contribution in [2.45, 2.75) is 31.3 Å². The number of nitrogens with zero attached hydrogens (tertiary/aromatic N) is 1. The summed E-state index contributed by atoms with van der Waals surface area (Å²) in [6.07, 6.45) is 7.84. The summed E-state index contributed by atoms with van der Waals surface area (Å²) in [6.45, 7) is 1.48. The number of hydrogen-bond acceptors (Lipinski definition) is 3. The van der Waals surface area contributed by atoms with E-state index in [1.54, 1.807) is 0 Å². The van der Waals surface area contributed by atoms with Crippen molar-refractivity contribution in [3.63, 3.8) is 0 Å². The van der Waals surface area contributed by atoms with Gasteiger partial charge >= 0.3 is 6.54 Å². The lowest BCUT2D eigenvalue weighted by molar-refractivity contribution is -0.0652. The van der Waals surface area contributed by atoms with Crippen molar-refractivity contribution in [1.29, 1.82) is 0 Å². The van der Waals surface area contributed by atoms with E-state index in [1.165, 1.54) is 5.57 Å². The summed E-state index contributed by atoms with van der Waals surface area (Å²) >= 11 is 0. The number of ether oxygens (including phenoxy) is 2. The highest BCUT2D eigenvalue weighted by Gasteiger charge is 2.46. The Hall–Kier alpha value is -1.81. The van der Waals surface area contributed by atoms with Gasteiger partial charge in [0.15, 0.2) is 11.5 Å². The maximum Gasteiger partial charge on any atom is 0.397 e. The fourth-order valence-electron chi connectivity index (χ4n) is 3.71. The second-order valence-electron chi connectivity index (χ2n) is 6.13. The molecule has 2 heterocycles. The largest absolute Gasteiger partial charge is 0.425 e. The molecular formula is C17H18FNO2. The first kappa shape index (κ1) is 12.9. The van der Waals surface area contributed by atoms with Gasteiger partial charge in [-0.2, -0.15) is 4.39 Å². The van der Waals surface area contributed by atoms with Crippen LogP contribution in [-0.2, 0) is 5.41 Å². The van der Waals surface area contributed by atoms with Crippen LogP contribution in [-0.4, -0.2) is 31.1 Å². The van der Waals surface area contributed by atoms with E-state index in [1.807, 2.05) is 18.2 Å². The average molecular weight is 287 g/mol. The van der Waals surface area contributed by atoms with Crippen molar-refractivity contribution in [3.8, 4) is 11.5 Å². The number of likely N-dealkylation sites (N-methyl/N-ethyl adjacent to an activating group) is 1. The smallest absolute Gasteiger partial charge is 0.397 e. The molecule has 3 atom stereocenters. The Balaban J connectivity index is 1.79. The van der Waals surface area contributed by atoms with Gasteiger partial charge in [0.1, 0.15) is 0 Å². The van der Waals surface area contributed by atoms with Crippen molar-refractivity contribution < 1.29 is 13.9 Å². The molecule has 21 heavy (non-hydrogen) atoms. The Kier molecular flexibility index (Phi) is 2.67. The molecule has 0 radical (unpaired) electrons. The van der Waals surface area contributed by atoms with Crippen LogP contribution in [0, 0.1) is 0 Å². The van der Waals surface area contributed by atoms with Crippen LogP contribution in [0.4, 0.5) is 4.39 Å². The van der Waals surface area contributed by atoms with E-state index in [4.69, 9.17) is 9.47 Å². The van der Waals surface area contributed by atoms with Crippen molar-refractivity contribution in [2.24, 2.45) is 0 Å². The van der Waals surface area contributed by atoms with E-state index >= 15 is 0 Å². The molecule has 1 aromatic carbocycles. The zero-order valence-electron chi connectivity index (χ0n) is 12.2. The van der Waals surface area contributed by atoms with Crippen LogP contribution in [0.3, 0.4) is 0 Å². The van der Waals surface area contributed by atoms with E-state index in [-0.39, 0.29) is 5.41 Å². The molecule has 1 aliphatic carbocycles. The molecule has 3 aliphatic rings. The first-order valence-corrected chi connectivity index (χ1v) is 7.28. The number of hydrogen-bond donors (Lipinski definition) is 0. The van der Waals surface area contributed by atoms with Gasteiger partial charge in [-0.25, -0.2) is 0 Å². The zero-order chi connectivity index (χ0) is 14.6. The summed E-state index contributed by atoms with van der Waals surface area (Å²) in [6, 6.07) is 6.11. The van der Waals surface area contributed by atoms with Gasteiger partial charge in [0.2, 0.25) is 0 Å². The topological polar surface area (TPSA) is 21.7 Å². The van der Waals surface area contributed by atoms with Gasteiger partial charge in [-0.1, -0.05) is 29.9 Å². The van der Waals surface area contributed by atoms with Crippen LogP contribution in [0.2, 0.25) is 0 Å². The quantitative estimate of drug-likeness (QED) is 0.792. The highest BCUT2D eigenvalue weighted by Crippen LogP contribution is 2.47. The number of allylic oxidation sites excluding steroid dienone is 2. The van der Waals surface area contributed by atoms with Crippen molar-refractivity contribution in [3.05, 3.63) is 47.6 Å². The molecule has 1 aromatic rings. The lowest BCUT2D eigenvalue weighted by atomic mass is 9.71. The molecular weight excluding hydrogens is 269 g/mol. The van der Waals surface area contributed by atoms with Crippen molar-refractivity contribution >= 4 is 0 Å². The normalized spacial score (nSPS) is 34.0. The van der Waals surface area contributed by atoms with E-state index in [0.29, 0.717) is 17.5 Å². The van der Waals surface area contributed by atoms with Crippen LogP contribution >= 0.6 is 0 Å². The Labute approximate surface area is 123 Å². The third-order valence-electron chi connectivity index (χ3n) is 4.87. The van der Waals surface area contributed by atoms with Gasteiger partial charge in [0, 0.05) is 11.5 Å². The van der Waals surface area contributed by atoms with Gasteiger partial charge in [0.25, 0.3) is 0 Å². The minimum absolute atomic E-state index is 0.0545. The average Bonchev–Trinajstić information content (AvgIpc) is 2.99. The number of fused-ring (bicyclic) bond motifs is 2. The van der Waals surface area contributed by atoms with Crippen LogP contribution in [0.15, 0.2) is 42.0 Å². The molecule has 0 saturated carbocycles. The second-order valence-corrected chi connectivity index (χ2v) is 6.13. The predicted molar refractivity (Wildman–Crippen MR) is 78.2 cm³/mol. The summed E-state index contributed by atoms with van der Waals surface area (Å²) in [5.41, 5.74) is 2.39. The molecule has 0 N–H and O–H groups in total. The zero-order valence-corrected chi connectivity index (χ0v) is 12.2. The van der Waals surface area contributed by atoms with Crippen LogP contribution in [0.25, 0.3) is 0 Å². The SMILES string of the molecule is CC1=C[C@@H]2N(C)CC[C@]2(c2ccc3c(c2)OC(F)O3)C=C1. The lowest BCUT2D eigenvalue weighted by Crippen LogP contribution is -2.39. The van der Waals surface area contributed by atoms with E-state index < -0.39 is 6.54 Å². The lowest BCUT2D eigenvalue weighted by Gasteiger charge is -2.36. The number of halogens is 1. The molecule has 3 nitrogen and oxygen atoms in total. The summed E-state index contributed by atoms with van der Waals surface area (Å²) < 4.78 is 23.2. The van der Waals surface area contributed by atoms with E-state index in [2.05, 4.69) is 37.1 Å². The minimum atomic E-state index is -1.68. The Morgan fingerprint density at radius 2 is 2.10 bits per heavy atom. The molecule has 0 spiro atoms. The summed E-state index contributed by atoms with van der Waals surface area (Å²) in [7, 11) is 2.15. The molecule has 4 heteroatoms. The minimum Gasteiger partial charge on any atom is -0.425 e. The molecule has 0 bridgehead atoms. The van der Waals surface area contributed by atoms with Gasteiger partial charge in [0.05, 0.1) is 0 Å². The highest BCUT2D eigenvalue weighted by atomic mass is 19.2. The Morgan fingerprint density at radius 3 is 2.95 bits per heavy atom. The van der Waals surface area contributed by atoms with Gasteiger partial charge in [-0.15, -0.1) is 0 Å². The van der Waals surface area contributed by atoms with E-state index in [0.717, 1.165) is 18.5 Å². The molecule has 2 aliphatic heterocycles. The molecule has 0 aromatic heterocycles. The predicted octanol–water partition coefficient (Wildman–Crippen LogP) is 3.17. The van der Waals surface area contributed by atoms with Gasteiger partial charge < -0.3 is 9.47 Å². The maximum absolute atomic E-state index is 13.2. The number of rotatable bonds is 1. The summed E-state index contributed by atoms with van der Waals surface area (Å²) in [5.74, 6) is 0.986. The molecule has 0 amide bonds. The van der Waals surface area contributed by atoms with Gasteiger partial charge in [-0.05, 0) is 44.6 Å². The summed E-state index contributed by atoms with van der Waals surface area (Å²) in [5, 5.41) is 0. The first-order valence-electron chi connectivity index (χ1n) is 7.28. The van der Waals surface area contributed by atoms with Crippen LogP contribution in [0.5, 0.6) is 11.5 Å². The third-order valence-corrected chi connectivity index (χ3v) is 4.87. The van der Waals surface area contributed by atoms with E-state index in [9.17, 15) is 4.39 Å². The monoisotopic (exact) mass is 287 g/mol. The molecule has 110 valence electrons. The number of benzene rings is 1. The fourth-order valence-corrected chi connectivity index (χ4v) is 3.71. The fraction of sp³-hybridized carbons (Fsp3) is 0.412. The molecule has 4 rings (SSSR count). The van der Waals surface area contributed by atoms with Crippen molar-refractivity contribution in [1.82, 2.24) is 4.90 Å². The van der Waals surface area contributed by atoms with Crippen LogP contribution in [0.1, 0.15) is 18.9 Å². The molecule has 1 fully saturated rings. The number of likely N-dealkylation sites (tertiary alicyclic amines) is 1. The molecule has 1 unspecified atom stereocenters. The second kappa shape index (κ2) is 4.34. The van der Waals surface area contributed by atoms with Crippen LogP contribution < -0.4 is 9.47 Å². The Morgan fingerprint density at radius 1 is 1.29 bits per heavy atom. The Bertz CT molecular complexity index is 654. The third kappa shape index (κ3) is 1.82.